The van der Waals surface area contributed by atoms with Gasteiger partial charge in [-0.2, -0.15) is 0 Å². The number of methoxy groups -OCH3 is 1. The van der Waals surface area contributed by atoms with Gasteiger partial charge in [-0.15, -0.1) is 12.8 Å². The van der Waals surface area contributed by atoms with Gasteiger partial charge in [0.05, 0.1) is 36.9 Å². The van der Waals surface area contributed by atoms with Gasteiger partial charge in [0.2, 0.25) is 0 Å². The van der Waals surface area contributed by atoms with Crippen molar-refractivity contribution in [1.82, 2.24) is 0 Å². The summed E-state index contributed by atoms with van der Waals surface area (Å²) in [4.78, 5) is 38.2. The average Bonchev–Trinajstić information content (AvgIpc) is 3.13. The van der Waals surface area contributed by atoms with Crippen molar-refractivity contribution in [2.75, 3.05) is 27.4 Å². The molecule has 0 bridgehead atoms. The molecule has 1 aliphatic heterocycles. The molecule has 46 heavy (non-hydrogen) atoms. The van der Waals surface area contributed by atoms with Crippen LogP contribution in [0.4, 0.5) is 0 Å². The van der Waals surface area contributed by atoms with Crippen LogP contribution >= 0.6 is 0 Å². The summed E-state index contributed by atoms with van der Waals surface area (Å²) in [7, 11) is 2.45. The Morgan fingerprint density at radius 3 is 1.98 bits per heavy atom. The summed E-state index contributed by atoms with van der Waals surface area (Å²) >= 11 is 0. The van der Waals surface area contributed by atoms with Crippen molar-refractivity contribution in [3.8, 4) is 12.8 Å². The summed E-state index contributed by atoms with van der Waals surface area (Å²) in [6.07, 6.45) is 19.0. The molecular formula is C37H60O9. The number of ether oxygens (including phenoxy) is 2. The van der Waals surface area contributed by atoms with E-state index in [1.165, 1.54) is 26.9 Å². The molecule has 5 unspecified atom stereocenters. The van der Waals surface area contributed by atoms with E-state index in [1.54, 1.807) is 18.2 Å². The second-order valence-corrected chi connectivity index (χ2v) is 10.2. The smallest absolute Gasteiger partial charge is 0.156 e. The maximum absolute atomic E-state index is 13.2. The van der Waals surface area contributed by atoms with E-state index in [-0.39, 0.29) is 41.4 Å². The third-order valence-electron chi connectivity index (χ3n) is 8.13. The lowest BCUT2D eigenvalue weighted by atomic mass is 9.59. The molecule has 0 aromatic carbocycles. The number of carbonyl (C=O) groups excluding carboxylic acids is 3. The van der Waals surface area contributed by atoms with Gasteiger partial charge in [-0.1, -0.05) is 53.7 Å². The van der Waals surface area contributed by atoms with E-state index in [2.05, 4.69) is 12.8 Å². The third kappa shape index (κ3) is 11.0. The van der Waals surface area contributed by atoms with E-state index in [4.69, 9.17) is 19.7 Å². The minimum Gasteiger partial charge on any atom is -0.511 e. The predicted octanol–water partition coefficient (Wildman–Crippen LogP) is 6.60. The topological polar surface area (TPSA) is 151 Å². The van der Waals surface area contributed by atoms with Gasteiger partial charge >= 0.3 is 0 Å². The molecule has 2 saturated carbocycles. The summed E-state index contributed by atoms with van der Waals surface area (Å²) in [5.41, 5.74) is 0.974. The Morgan fingerprint density at radius 1 is 0.913 bits per heavy atom. The Morgan fingerprint density at radius 2 is 1.48 bits per heavy atom. The van der Waals surface area contributed by atoms with E-state index >= 15 is 0 Å². The number of fused-ring (bicyclic) bond motifs is 3. The zero-order valence-corrected chi connectivity index (χ0v) is 29.5. The van der Waals surface area contributed by atoms with Gasteiger partial charge in [-0.25, -0.2) is 0 Å². The summed E-state index contributed by atoms with van der Waals surface area (Å²) in [6.45, 7) is 14.7. The summed E-state index contributed by atoms with van der Waals surface area (Å²) in [6, 6.07) is 0. The Bertz CT molecular complexity index is 1070. The van der Waals surface area contributed by atoms with Gasteiger partial charge in [0.25, 0.3) is 0 Å². The molecule has 1 saturated heterocycles. The maximum Gasteiger partial charge on any atom is 0.156 e. The summed E-state index contributed by atoms with van der Waals surface area (Å²) in [5, 5.41) is 37.3. The highest BCUT2D eigenvalue weighted by molar-refractivity contribution is 6.05. The van der Waals surface area contributed by atoms with Crippen LogP contribution in [0.25, 0.3) is 0 Å². The SMILES string of the molecule is C#C.CC.CC.CC.CO.COC1=CC=CC2C(=O)C3C(O)=C4CC(C(C)=O)CCC4=C(O)C3C(=O)C12.OCC[C@H]1CCCCO1. The molecule has 3 fully saturated rings. The lowest BCUT2D eigenvalue weighted by Crippen LogP contribution is -2.51. The first-order valence-corrected chi connectivity index (χ1v) is 16.6. The first kappa shape index (κ1) is 44.9. The van der Waals surface area contributed by atoms with Gasteiger partial charge in [-0.3, -0.25) is 14.4 Å². The van der Waals surface area contributed by atoms with Crippen LogP contribution in [0.2, 0.25) is 0 Å². The molecule has 0 aromatic rings. The van der Waals surface area contributed by atoms with Crippen LogP contribution in [0.15, 0.2) is 46.7 Å². The second kappa shape index (κ2) is 25.0. The monoisotopic (exact) mass is 648 g/mol. The number of Topliss-reactive ketones (excluding diaryl/α,β-unsaturated/α-hetero) is 3. The number of ketones is 3. The van der Waals surface area contributed by atoms with E-state index in [0.29, 0.717) is 42.3 Å². The molecule has 5 rings (SSSR count). The number of aliphatic hydroxyl groups excluding tert-OH is 4. The van der Waals surface area contributed by atoms with Crippen molar-refractivity contribution in [3.05, 3.63) is 46.7 Å². The molecule has 4 aliphatic carbocycles. The predicted molar refractivity (Wildman–Crippen MR) is 183 cm³/mol. The molecule has 9 nitrogen and oxygen atoms in total. The third-order valence-corrected chi connectivity index (χ3v) is 8.13. The minimum absolute atomic E-state index is 0.0205. The lowest BCUT2D eigenvalue weighted by Gasteiger charge is -2.43. The Balaban J connectivity index is 0. The fraction of sp³-hybridized carbons (Fsp3) is 0.649. The zero-order valence-electron chi connectivity index (χ0n) is 29.5. The van der Waals surface area contributed by atoms with E-state index in [9.17, 15) is 24.6 Å². The standard InChI is InChI=1S/C21H22O6.C7H14O2.3C2H6.C2H2.CH4O/c1-9(22)10-6-7-11-13(8-10)20(25)16-17(18(11)23)21(26)15-12(19(16)24)4-3-5-14(15)27-2;8-5-4-7-3-1-2-6-9-7;5*1-2/h3-5,10,12,15-17,23,25H,6-8H2,1-2H3;7-8H,1-6H2;3*1-2H3;1-2H;2H,1H3/t;7-;;;;;/m.1...../s1. The molecule has 0 spiro atoms. The van der Waals surface area contributed by atoms with Gasteiger partial charge < -0.3 is 29.9 Å². The van der Waals surface area contributed by atoms with Crippen molar-refractivity contribution >= 4 is 17.3 Å². The van der Waals surface area contributed by atoms with E-state index in [1.807, 2.05) is 41.5 Å². The molecule has 1 heterocycles. The van der Waals surface area contributed by atoms with Gasteiger partial charge in [0.1, 0.15) is 23.1 Å². The first-order chi connectivity index (χ1) is 22.3. The Kier molecular flexibility index (Phi) is 24.4. The highest BCUT2D eigenvalue weighted by Gasteiger charge is 2.56. The number of rotatable bonds is 4. The van der Waals surface area contributed by atoms with Crippen LogP contribution in [0.3, 0.4) is 0 Å². The van der Waals surface area contributed by atoms with Gasteiger partial charge in [0, 0.05) is 26.2 Å². The van der Waals surface area contributed by atoms with Crippen LogP contribution < -0.4 is 0 Å². The number of hydrogen-bond acceptors (Lipinski definition) is 9. The van der Waals surface area contributed by atoms with Crippen LogP contribution in [0.1, 0.15) is 93.4 Å². The fourth-order valence-electron chi connectivity index (χ4n) is 6.13. The lowest BCUT2D eigenvalue weighted by molar-refractivity contribution is -0.145. The minimum atomic E-state index is -1.09. The van der Waals surface area contributed by atoms with Crippen molar-refractivity contribution in [1.29, 1.82) is 0 Å². The van der Waals surface area contributed by atoms with Crippen LogP contribution in [0, 0.1) is 42.4 Å². The van der Waals surface area contributed by atoms with Crippen LogP contribution in [-0.2, 0) is 23.9 Å². The summed E-state index contributed by atoms with van der Waals surface area (Å²) < 4.78 is 10.7. The van der Waals surface area contributed by atoms with E-state index < -0.39 is 23.7 Å². The quantitative estimate of drug-likeness (QED) is 0.247. The maximum atomic E-state index is 13.2. The molecule has 0 radical (unpaired) electrons. The number of aliphatic hydroxyl groups is 4. The molecule has 4 N–H and O–H groups in total. The molecule has 0 amide bonds. The van der Waals surface area contributed by atoms with Crippen LogP contribution in [-0.4, -0.2) is 71.3 Å². The van der Waals surface area contributed by atoms with Crippen molar-refractivity contribution in [2.45, 2.75) is 99.5 Å². The first-order valence-electron chi connectivity index (χ1n) is 16.6. The normalized spacial score (nSPS) is 26.8. The number of terminal acetylenes is 1. The van der Waals surface area contributed by atoms with Crippen molar-refractivity contribution in [3.63, 3.8) is 0 Å². The molecule has 6 atom stereocenters. The van der Waals surface area contributed by atoms with Crippen molar-refractivity contribution < 1.29 is 44.3 Å². The van der Waals surface area contributed by atoms with Crippen molar-refractivity contribution in [2.24, 2.45) is 29.6 Å². The molecule has 9 heteroatoms. The molecule has 0 aromatic heterocycles. The molecule has 5 aliphatic rings. The van der Waals surface area contributed by atoms with Gasteiger partial charge in [0.15, 0.2) is 11.6 Å². The highest BCUT2D eigenvalue weighted by atomic mass is 16.5. The Labute approximate surface area is 277 Å². The highest BCUT2D eigenvalue weighted by Crippen LogP contribution is 2.51. The summed E-state index contributed by atoms with van der Waals surface area (Å²) in [5.74, 6) is -4.40. The number of allylic oxidation sites excluding steroid dienone is 8. The van der Waals surface area contributed by atoms with Crippen LogP contribution in [0.5, 0.6) is 0 Å². The molecule has 262 valence electrons. The van der Waals surface area contributed by atoms with E-state index in [0.717, 1.165) is 26.6 Å². The largest absolute Gasteiger partial charge is 0.511 e. The Hall–Kier alpha value is -3.19. The zero-order chi connectivity index (χ0) is 36.0. The number of carbonyl (C=O) groups is 3. The number of hydrogen-bond donors (Lipinski definition) is 4. The second-order valence-electron chi connectivity index (χ2n) is 10.2. The van der Waals surface area contributed by atoms with Gasteiger partial charge in [-0.05, 0) is 69.1 Å². The molecular weight excluding hydrogens is 588 g/mol. The fourth-order valence-corrected chi connectivity index (χ4v) is 6.13. The average molecular weight is 649 g/mol.